The van der Waals surface area contributed by atoms with Gasteiger partial charge in [-0.3, -0.25) is 19.3 Å². The van der Waals surface area contributed by atoms with Gasteiger partial charge in [-0.2, -0.15) is 0 Å². The Kier molecular flexibility index (Phi) is 5.90. The van der Waals surface area contributed by atoms with Crippen LogP contribution in [0.25, 0.3) is 11.3 Å². The lowest BCUT2D eigenvalue weighted by molar-refractivity contribution is -0.133. The molecule has 0 spiro atoms. The third-order valence-electron chi connectivity index (χ3n) is 4.50. The molecule has 0 saturated carbocycles. The normalized spacial score (nSPS) is 16.1. The van der Waals surface area contributed by atoms with E-state index >= 15 is 0 Å². The first-order valence-corrected chi connectivity index (χ1v) is 9.79. The summed E-state index contributed by atoms with van der Waals surface area (Å²) in [5, 5.41) is 2.87. The zero-order chi connectivity index (χ0) is 20.4. The average Bonchev–Trinajstić information content (AvgIpc) is 3.11. The maximum atomic E-state index is 12.8. The van der Waals surface area contributed by atoms with E-state index in [-0.39, 0.29) is 11.6 Å². The molecular formula is C20H22N2O5S. The molecule has 2 aromatic rings. The van der Waals surface area contributed by atoms with Crippen LogP contribution in [-0.4, -0.2) is 48.3 Å². The average molecular weight is 402 g/mol. The maximum Gasteiger partial charge on any atom is 0.268 e. The van der Waals surface area contributed by atoms with Crippen molar-refractivity contribution in [3.63, 3.8) is 0 Å². The molecule has 1 aromatic carbocycles. The second kappa shape index (κ2) is 8.20. The highest BCUT2D eigenvalue weighted by Crippen LogP contribution is 2.39. The van der Waals surface area contributed by atoms with E-state index in [1.807, 2.05) is 11.4 Å². The predicted octanol–water partition coefficient (Wildman–Crippen LogP) is 2.66. The largest absolute Gasteiger partial charge is 0.479 e. The SMILES string of the molecule is COCCc1nc(-c2ccc3c(c2)N(C(C(C)=O)C(C)=O)C(=O)C(C)O3)cs1. The Balaban J connectivity index is 2.04. The molecule has 1 aliphatic rings. The number of ketones is 2. The first kappa shape index (κ1) is 20.2. The number of fused-ring (bicyclic) bond motifs is 1. The van der Waals surface area contributed by atoms with Crippen molar-refractivity contribution in [3.05, 3.63) is 28.6 Å². The summed E-state index contributed by atoms with van der Waals surface area (Å²) in [5.41, 5.74) is 1.94. The van der Waals surface area contributed by atoms with E-state index in [1.54, 1.807) is 26.2 Å². The lowest BCUT2D eigenvalue weighted by Crippen LogP contribution is -2.54. The Morgan fingerprint density at radius 2 is 2.04 bits per heavy atom. The Bertz CT molecular complexity index is 909. The minimum Gasteiger partial charge on any atom is -0.479 e. The highest BCUT2D eigenvalue weighted by Gasteiger charge is 2.40. The van der Waals surface area contributed by atoms with Crippen molar-refractivity contribution in [1.29, 1.82) is 0 Å². The molecule has 28 heavy (non-hydrogen) atoms. The second-order valence-electron chi connectivity index (χ2n) is 6.64. The number of carbonyl (C=O) groups excluding carboxylic acids is 3. The Hall–Kier alpha value is -2.58. The second-order valence-corrected chi connectivity index (χ2v) is 7.59. The van der Waals surface area contributed by atoms with Crippen LogP contribution in [0.1, 0.15) is 25.8 Å². The first-order chi connectivity index (χ1) is 13.3. The van der Waals surface area contributed by atoms with E-state index < -0.39 is 18.1 Å². The monoisotopic (exact) mass is 402 g/mol. The number of anilines is 1. The number of Topliss-reactive ketones (excluding diaryl/α,β-unsaturated/α-hetero) is 2. The van der Waals surface area contributed by atoms with Crippen molar-refractivity contribution in [3.8, 4) is 17.0 Å². The molecule has 0 aliphatic carbocycles. The highest BCUT2D eigenvalue weighted by atomic mass is 32.1. The van der Waals surface area contributed by atoms with Gasteiger partial charge in [0.1, 0.15) is 5.75 Å². The van der Waals surface area contributed by atoms with Gasteiger partial charge in [0.05, 0.1) is 23.0 Å². The molecule has 7 nitrogen and oxygen atoms in total. The van der Waals surface area contributed by atoms with E-state index in [9.17, 15) is 14.4 Å². The summed E-state index contributed by atoms with van der Waals surface area (Å²) in [5.74, 6) is -0.735. The number of thiazole rings is 1. The van der Waals surface area contributed by atoms with Crippen LogP contribution < -0.4 is 9.64 Å². The van der Waals surface area contributed by atoms with Gasteiger partial charge in [0.2, 0.25) is 0 Å². The number of amides is 1. The number of methoxy groups -OCH3 is 1. The molecule has 3 rings (SSSR count). The zero-order valence-electron chi connectivity index (χ0n) is 16.2. The fourth-order valence-electron chi connectivity index (χ4n) is 3.18. The van der Waals surface area contributed by atoms with Crippen LogP contribution >= 0.6 is 11.3 Å². The van der Waals surface area contributed by atoms with E-state index in [0.29, 0.717) is 24.5 Å². The van der Waals surface area contributed by atoms with E-state index in [4.69, 9.17) is 9.47 Å². The van der Waals surface area contributed by atoms with Gasteiger partial charge < -0.3 is 9.47 Å². The smallest absolute Gasteiger partial charge is 0.268 e. The number of hydrogen-bond donors (Lipinski definition) is 0. The van der Waals surface area contributed by atoms with Gasteiger partial charge in [0, 0.05) is 24.5 Å². The summed E-state index contributed by atoms with van der Waals surface area (Å²) in [6.07, 6.45) is -0.0619. The molecule has 1 amide bonds. The third-order valence-corrected chi connectivity index (χ3v) is 5.41. The molecule has 0 fully saturated rings. The van der Waals surface area contributed by atoms with Gasteiger partial charge in [0.25, 0.3) is 5.91 Å². The molecule has 2 heterocycles. The van der Waals surface area contributed by atoms with Crippen molar-refractivity contribution >= 4 is 34.5 Å². The van der Waals surface area contributed by atoms with Crippen LogP contribution in [0.5, 0.6) is 5.75 Å². The van der Waals surface area contributed by atoms with Crippen LogP contribution in [-0.2, 0) is 25.5 Å². The quantitative estimate of drug-likeness (QED) is 0.662. The molecule has 148 valence electrons. The first-order valence-electron chi connectivity index (χ1n) is 8.92. The van der Waals surface area contributed by atoms with E-state index in [1.165, 1.54) is 30.1 Å². The number of benzene rings is 1. The zero-order valence-corrected chi connectivity index (χ0v) is 17.0. The number of nitrogens with zero attached hydrogens (tertiary/aromatic N) is 2. The molecule has 1 atom stereocenters. The van der Waals surface area contributed by atoms with Gasteiger partial charge in [-0.1, -0.05) is 0 Å². The van der Waals surface area contributed by atoms with Gasteiger partial charge in [-0.25, -0.2) is 4.98 Å². The third kappa shape index (κ3) is 3.83. The summed E-state index contributed by atoms with van der Waals surface area (Å²) in [6, 6.07) is 4.17. The lowest BCUT2D eigenvalue weighted by Gasteiger charge is -2.36. The summed E-state index contributed by atoms with van der Waals surface area (Å²) in [7, 11) is 1.64. The van der Waals surface area contributed by atoms with Gasteiger partial charge in [-0.05, 0) is 39.0 Å². The van der Waals surface area contributed by atoms with Gasteiger partial charge in [0.15, 0.2) is 23.7 Å². The number of carbonyl (C=O) groups is 3. The van der Waals surface area contributed by atoms with Crippen LogP contribution in [0.2, 0.25) is 0 Å². The fourth-order valence-corrected chi connectivity index (χ4v) is 3.97. The molecule has 0 saturated heterocycles. The molecule has 0 bridgehead atoms. The number of rotatable bonds is 7. The number of ether oxygens (including phenoxy) is 2. The van der Waals surface area contributed by atoms with E-state index in [2.05, 4.69) is 4.98 Å². The maximum absolute atomic E-state index is 12.8. The highest BCUT2D eigenvalue weighted by molar-refractivity contribution is 7.09. The van der Waals surface area contributed by atoms with Crippen molar-refractivity contribution in [2.24, 2.45) is 0 Å². The Morgan fingerprint density at radius 3 is 2.68 bits per heavy atom. The topological polar surface area (TPSA) is 85.8 Å². The van der Waals surface area contributed by atoms with Crippen LogP contribution in [0.4, 0.5) is 5.69 Å². The van der Waals surface area contributed by atoms with Crippen molar-refractivity contribution in [2.75, 3.05) is 18.6 Å². The minimum absolute atomic E-state index is 0.387. The van der Waals surface area contributed by atoms with Gasteiger partial charge >= 0.3 is 0 Å². The Morgan fingerprint density at radius 1 is 1.32 bits per heavy atom. The standard InChI is InChI=1S/C20H22N2O5S/c1-11(23)19(12(2)24)22-16-9-14(5-6-17(16)27-13(3)20(22)25)15-10-28-18(21-15)7-8-26-4/h5-6,9-10,13,19H,7-8H2,1-4H3. The summed E-state index contributed by atoms with van der Waals surface area (Å²) in [4.78, 5) is 42.9. The summed E-state index contributed by atoms with van der Waals surface area (Å²) in [6.45, 7) is 4.81. The molecule has 8 heteroatoms. The fraction of sp³-hybridized carbons (Fsp3) is 0.400. The minimum atomic E-state index is -1.17. The number of hydrogen-bond acceptors (Lipinski definition) is 7. The van der Waals surface area contributed by atoms with E-state index in [0.717, 1.165) is 16.3 Å². The lowest BCUT2D eigenvalue weighted by atomic mass is 10.0. The molecule has 1 aromatic heterocycles. The number of aromatic nitrogens is 1. The molecule has 0 radical (unpaired) electrons. The molecule has 1 aliphatic heterocycles. The van der Waals surface area contributed by atoms with Crippen molar-refractivity contribution in [1.82, 2.24) is 4.98 Å². The Labute approximate surface area is 167 Å². The van der Waals surface area contributed by atoms with Crippen LogP contribution in [0, 0.1) is 0 Å². The van der Waals surface area contributed by atoms with Crippen LogP contribution in [0.3, 0.4) is 0 Å². The molecule has 0 N–H and O–H groups in total. The van der Waals surface area contributed by atoms with Crippen LogP contribution in [0.15, 0.2) is 23.6 Å². The summed E-state index contributed by atoms with van der Waals surface area (Å²) < 4.78 is 10.8. The van der Waals surface area contributed by atoms with Crippen molar-refractivity contribution < 1.29 is 23.9 Å². The molecule has 1 unspecified atom stereocenters. The predicted molar refractivity (Wildman–Crippen MR) is 106 cm³/mol. The van der Waals surface area contributed by atoms with Gasteiger partial charge in [-0.15, -0.1) is 11.3 Å². The molecular weight excluding hydrogens is 380 g/mol. The van der Waals surface area contributed by atoms with Crippen molar-refractivity contribution in [2.45, 2.75) is 39.3 Å². The summed E-state index contributed by atoms with van der Waals surface area (Å²) >= 11 is 1.53.